The van der Waals surface area contributed by atoms with Crippen molar-refractivity contribution in [3.05, 3.63) is 132 Å². The maximum atomic E-state index is 5.52. The van der Waals surface area contributed by atoms with Crippen molar-refractivity contribution in [2.45, 2.75) is 51.0 Å². The molecule has 3 unspecified atom stereocenters. The van der Waals surface area contributed by atoms with E-state index in [0.717, 1.165) is 25.1 Å². The van der Waals surface area contributed by atoms with Crippen molar-refractivity contribution in [1.29, 1.82) is 0 Å². The van der Waals surface area contributed by atoms with Crippen LogP contribution in [0.2, 0.25) is 0 Å². The second-order valence-corrected chi connectivity index (χ2v) is 13.2. The Morgan fingerprint density at radius 3 is 2.48 bits per heavy atom. The van der Waals surface area contributed by atoms with Crippen LogP contribution in [0.4, 0.5) is 0 Å². The molecule has 0 bridgehead atoms. The average molecular weight is 574 g/mol. The average Bonchev–Trinajstić information content (AvgIpc) is 3.55. The summed E-state index contributed by atoms with van der Waals surface area (Å²) >= 11 is 0. The van der Waals surface area contributed by atoms with Gasteiger partial charge in [0.25, 0.3) is 0 Å². The van der Waals surface area contributed by atoms with Crippen molar-refractivity contribution in [2.75, 3.05) is 0 Å². The molecular weight excluding hydrogens is 536 g/mol. The van der Waals surface area contributed by atoms with E-state index < -0.39 is 0 Å². The predicted molar refractivity (Wildman–Crippen MR) is 183 cm³/mol. The van der Waals surface area contributed by atoms with Gasteiger partial charge in [-0.25, -0.2) is 5.32 Å². The summed E-state index contributed by atoms with van der Waals surface area (Å²) in [7, 11) is 0. The Kier molecular flexibility index (Phi) is 5.75. The lowest BCUT2D eigenvalue weighted by atomic mass is 9.79. The number of nitrogens with two attached hydrogens (primary N) is 1. The minimum atomic E-state index is -0.246. The molecule has 4 aliphatic rings. The Hall–Kier alpha value is -4.51. The van der Waals surface area contributed by atoms with Gasteiger partial charge < -0.3 is 4.57 Å². The molecule has 9 rings (SSSR count). The van der Waals surface area contributed by atoms with Crippen LogP contribution in [-0.2, 0) is 5.41 Å². The van der Waals surface area contributed by atoms with E-state index in [0.29, 0.717) is 5.92 Å². The van der Waals surface area contributed by atoms with E-state index in [1.54, 1.807) is 0 Å². The van der Waals surface area contributed by atoms with Crippen LogP contribution >= 0.6 is 0 Å². The highest BCUT2D eigenvalue weighted by molar-refractivity contribution is 6.26. The van der Waals surface area contributed by atoms with Crippen LogP contribution < -0.4 is 10.6 Å². The SMILES string of the molecule is CC1(C)c2ccccc2-c2c1c1ccccc1c1c2c2ccccc2n1C1N=C(C2=CCCC=C2)[NH2+]C(C2C=CC=CC2)N1. The lowest BCUT2D eigenvalue weighted by Gasteiger charge is -2.33. The van der Waals surface area contributed by atoms with E-state index in [1.807, 2.05) is 0 Å². The summed E-state index contributed by atoms with van der Waals surface area (Å²) in [6.45, 7) is 4.79. The lowest BCUT2D eigenvalue weighted by Crippen LogP contribution is -2.99. The number of hydrogen-bond donors (Lipinski definition) is 2. The number of benzene rings is 4. The fourth-order valence-corrected chi connectivity index (χ4v) is 8.32. The van der Waals surface area contributed by atoms with Crippen LogP contribution in [0.3, 0.4) is 0 Å². The summed E-state index contributed by atoms with van der Waals surface area (Å²) in [5, 5.41) is 11.7. The van der Waals surface area contributed by atoms with Gasteiger partial charge in [0.05, 0.1) is 16.6 Å². The molecule has 1 aromatic heterocycles. The summed E-state index contributed by atoms with van der Waals surface area (Å²) in [5.41, 5.74) is 9.21. The third-order valence-corrected chi connectivity index (χ3v) is 10.3. The first-order valence-corrected chi connectivity index (χ1v) is 16.1. The first-order chi connectivity index (χ1) is 21.6. The predicted octanol–water partition coefficient (Wildman–Crippen LogP) is 8.01. The number of hydrogen-bond acceptors (Lipinski definition) is 2. The molecule has 4 heteroatoms. The molecule has 3 N–H and O–H groups in total. The number of amidine groups is 1. The molecule has 5 aromatic rings. The number of nitrogens with one attached hydrogen (secondary N) is 1. The highest BCUT2D eigenvalue weighted by atomic mass is 15.4. The Morgan fingerprint density at radius 1 is 0.864 bits per heavy atom. The number of quaternary nitrogens is 1. The number of allylic oxidation sites excluding steroid dienone is 5. The van der Waals surface area contributed by atoms with E-state index in [4.69, 9.17) is 4.99 Å². The molecule has 0 spiro atoms. The highest BCUT2D eigenvalue weighted by Crippen LogP contribution is 2.56. The van der Waals surface area contributed by atoms with Gasteiger partial charge in [-0.2, -0.15) is 4.99 Å². The van der Waals surface area contributed by atoms with Gasteiger partial charge in [-0.15, -0.1) is 0 Å². The summed E-state index contributed by atoms with van der Waals surface area (Å²) in [5.74, 6) is 1.48. The van der Waals surface area contributed by atoms with Gasteiger partial charge >= 0.3 is 0 Å². The van der Waals surface area contributed by atoms with Crippen molar-refractivity contribution in [1.82, 2.24) is 9.88 Å². The molecule has 216 valence electrons. The van der Waals surface area contributed by atoms with Gasteiger partial charge in [0, 0.05) is 27.5 Å². The molecule has 0 saturated carbocycles. The molecule has 1 aliphatic heterocycles. The van der Waals surface area contributed by atoms with Gasteiger partial charge in [-0.1, -0.05) is 123 Å². The van der Waals surface area contributed by atoms with Crippen molar-refractivity contribution < 1.29 is 5.32 Å². The monoisotopic (exact) mass is 573 g/mol. The molecule has 0 saturated heterocycles. The summed E-state index contributed by atoms with van der Waals surface area (Å²) in [6, 6.07) is 27.1. The molecule has 2 heterocycles. The van der Waals surface area contributed by atoms with Crippen molar-refractivity contribution in [3.63, 3.8) is 0 Å². The topological polar surface area (TPSA) is 45.9 Å². The van der Waals surface area contributed by atoms with Crippen LogP contribution in [0.5, 0.6) is 0 Å². The quantitative estimate of drug-likeness (QED) is 0.226. The van der Waals surface area contributed by atoms with E-state index >= 15 is 0 Å². The fraction of sp³-hybridized carbons (Fsp3) is 0.225. The van der Waals surface area contributed by atoms with Gasteiger partial charge in [-0.3, -0.25) is 5.32 Å². The lowest BCUT2D eigenvalue weighted by molar-refractivity contribution is -0.600. The Morgan fingerprint density at radius 2 is 1.66 bits per heavy atom. The maximum absolute atomic E-state index is 5.52. The Balaban J connectivity index is 1.38. The molecule has 3 aliphatic carbocycles. The molecule has 4 aromatic carbocycles. The standard InChI is InChI=1S/C40H36N4/c1-40(2)31-23-13-11-21-29(31)33-34-30-22-12-14-24-32(30)44(36(34)28-20-10-9-19-27(28)35(33)40)39-42-37(25-15-5-3-6-16-25)41-38(43-39)26-17-7-4-8-18-26/h3,5-7,9-15,17-25,37,39,42H,4,8,16H2,1-2H3,(H,41,43)/p+1. The molecule has 3 atom stereocenters. The van der Waals surface area contributed by atoms with Crippen molar-refractivity contribution in [2.24, 2.45) is 10.9 Å². The normalized spacial score (nSPS) is 23.6. The summed E-state index contributed by atoms with van der Waals surface area (Å²) in [6.07, 6.45) is 19.0. The van der Waals surface area contributed by atoms with E-state index in [-0.39, 0.29) is 17.9 Å². The minimum Gasteiger partial charge on any atom is -0.304 e. The van der Waals surface area contributed by atoms with E-state index in [9.17, 15) is 0 Å². The number of aliphatic imine (C=N–C) groups is 1. The number of fused-ring (bicyclic) bond motifs is 10. The van der Waals surface area contributed by atoms with Crippen LogP contribution in [0.25, 0.3) is 43.7 Å². The van der Waals surface area contributed by atoms with Crippen LogP contribution in [-0.4, -0.2) is 16.6 Å². The fourth-order valence-electron chi connectivity index (χ4n) is 8.32. The summed E-state index contributed by atoms with van der Waals surface area (Å²) < 4.78 is 2.51. The van der Waals surface area contributed by atoms with Gasteiger partial charge in [0.2, 0.25) is 5.84 Å². The highest BCUT2D eigenvalue weighted by Gasteiger charge is 2.41. The van der Waals surface area contributed by atoms with Gasteiger partial charge in [0.1, 0.15) is 0 Å². The third kappa shape index (κ3) is 3.68. The molecule has 4 nitrogen and oxygen atoms in total. The summed E-state index contributed by atoms with van der Waals surface area (Å²) in [4.78, 5) is 5.52. The molecule has 44 heavy (non-hydrogen) atoms. The van der Waals surface area contributed by atoms with Crippen LogP contribution in [0.1, 0.15) is 50.5 Å². The molecule has 0 amide bonds. The second kappa shape index (κ2) is 9.75. The molecule has 0 fully saturated rings. The van der Waals surface area contributed by atoms with Crippen molar-refractivity contribution in [3.8, 4) is 11.1 Å². The Bertz CT molecular complexity index is 2150. The number of nitrogens with zero attached hydrogens (tertiary/aromatic N) is 2. The van der Waals surface area contributed by atoms with Gasteiger partial charge in [-0.05, 0) is 53.0 Å². The number of para-hydroxylation sites is 1. The number of aromatic nitrogens is 1. The first-order valence-electron chi connectivity index (χ1n) is 16.1. The minimum absolute atomic E-state index is 0.0992. The Labute approximate surface area is 258 Å². The van der Waals surface area contributed by atoms with E-state index in [2.05, 4.69) is 144 Å². The van der Waals surface area contributed by atoms with Crippen LogP contribution in [0.15, 0.2) is 126 Å². The zero-order valence-corrected chi connectivity index (χ0v) is 25.3. The number of rotatable bonds is 3. The zero-order valence-electron chi connectivity index (χ0n) is 25.3. The first kappa shape index (κ1) is 25.9. The van der Waals surface area contributed by atoms with Gasteiger partial charge in [0.15, 0.2) is 12.5 Å². The van der Waals surface area contributed by atoms with E-state index in [1.165, 1.54) is 60.4 Å². The molecule has 0 radical (unpaired) electrons. The second-order valence-electron chi connectivity index (χ2n) is 13.2. The molecular formula is C40H37N4+. The maximum Gasteiger partial charge on any atom is 0.231 e. The smallest absolute Gasteiger partial charge is 0.231 e. The largest absolute Gasteiger partial charge is 0.304 e. The van der Waals surface area contributed by atoms with Crippen molar-refractivity contribution >= 4 is 38.4 Å². The zero-order chi connectivity index (χ0) is 29.4. The van der Waals surface area contributed by atoms with Crippen LogP contribution in [0, 0.1) is 5.92 Å². The third-order valence-electron chi connectivity index (χ3n) is 10.3.